The number of hydrogen-bond donors (Lipinski definition) is 5. The number of pyridine rings is 1. The predicted molar refractivity (Wildman–Crippen MR) is 506 cm³/mol. The van der Waals surface area contributed by atoms with E-state index in [1.54, 1.807) is 0 Å². The Kier molecular flexibility index (Phi) is 45.0. The van der Waals surface area contributed by atoms with Gasteiger partial charge in [0.15, 0.2) is 18.3 Å². The van der Waals surface area contributed by atoms with Crippen LogP contribution in [-0.4, -0.2) is 80.6 Å². The van der Waals surface area contributed by atoms with Crippen LogP contribution in [0.25, 0.3) is 90.9 Å². The number of amides is 3. The number of unbranched alkanes of at least 4 members (excludes halogenated alkanes) is 45. The maximum absolute atomic E-state index is 13.5. The lowest BCUT2D eigenvalue weighted by Gasteiger charge is -2.15. The zero-order chi connectivity index (χ0) is 84.2. The van der Waals surface area contributed by atoms with E-state index >= 15 is 0 Å². The van der Waals surface area contributed by atoms with Crippen molar-refractivity contribution in [3.63, 3.8) is 0 Å². The van der Waals surface area contributed by atoms with Gasteiger partial charge in [-0.25, -0.2) is 9.97 Å². The van der Waals surface area contributed by atoms with Gasteiger partial charge in [-0.1, -0.05) is 346 Å². The molecule has 2 aliphatic heterocycles. The van der Waals surface area contributed by atoms with Crippen molar-refractivity contribution in [1.82, 2.24) is 40.9 Å². The van der Waals surface area contributed by atoms with Crippen LogP contribution in [-0.2, 0) is 14.4 Å². The van der Waals surface area contributed by atoms with E-state index in [-0.39, 0.29) is 17.7 Å². The average molecular weight is 1630 g/mol. The Labute approximate surface area is 723 Å². The summed E-state index contributed by atoms with van der Waals surface area (Å²) < 4.78 is 19.1. The van der Waals surface area contributed by atoms with E-state index in [0.29, 0.717) is 36.9 Å². The number of nitrogens with one attached hydrogen (secondary N) is 5. The second kappa shape index (κ2) is 56.7. The van der Waals surface area contributed by atoms with Gasteiger partial charge in [0.2, 0.25) is 0 Å². The number of ether oxygens (including phenoxy) is 3. The van der Waals surface area contributed by atoms with Crippen LogP contribution >= 0.6 is 0 Å². The van der Waals surface area contributed by atoms with Gasteiger partial charge in [0, 0.05) is 76.3 Å². The topological polar surface area (TPSA) is 185 Å². The van der Waals surface area contributed by atoms with Gasteiger partial charge in [-0.15, -0.1) is 0 Å². The molecule has 3 amide bonds. The number of hydrogen-bond acceptors (Lipinski definition) is 9. The number of carbonyl (C=O) groups excluding carboxylic acids is 3. The van der Waals surface area contributed by atoms with Crippen molar-refractivity contribution >= 4 is 64.1 Å². The molecular weight excluding hydrogens is 1480 g/mol. The lowest BCUT2D eigenvalue weighted by Crippen LogP contribution is -2.36. The van der Waals surface area contributed by atoms with Crippen LogP contribution in [0.4, 0.5) is 0 Å². The van der Waals surface area contributed by atoms with E-state index in [4.69, 9.17) is 24.2 Å². The largest absolute Gasteiger partial charge is 0.481 e. The maximum atomic E-state index is 13.5. The number of nitrogens with zero attached hydrogens (tertiary/aromatic N) is 3. The third kappa shape index (κ3) is 33.9. The average Bonchev–Trinajstić information content (AvgIpc) is 1.65. The van der Waals surface area contributed by atoms with Crippen molar-refractivity contribution in [2.75, 3.05) is 19.6 Å². The van der Waals surface area contributed by atoms with Crippen molar-refractivity contribution in [2.45, 2.75) is 368 Å². The fourth-order valence-corrected chi connectivity index (χ4v) is 16.9. The third-order valence-electron chi connectivity index (χ3n) is 24.2. The zero-order valence-corrected chi connectivity index (χ0v) is 74.9. The second-order valence-electron chi connectivity index (χ2n) is 34.4. The van der Waals surface area contributed by atoms with Gasteiger partial charge >= 0.3 is 0 Å². The van der Waals surface area contributed by atoms with Gasteiger partial charge in [0.1, 0.15) is 17.2 Å². The summed E-state index contributed by atoms with van der Waals surface area (Å²) in [6, 6.07) is 36.3. The molecule has 14 heteroatoms. The Bertz CT molecular complexity index is 4180. The molecule has 6 heterocycles. The first-order valence-electron chi connectivity index (χ1n) is 48.2. The molecule has 7 aromatic rings. The lowest BCUT2D eigenvalue weighted by molar-refractivity contribution is -0.127. The first-order chi connectivity index (χ1) is 59.0. The molecule has 0 fully saturated rings. The number of fused-ring (bicyclic) bond motifs is 8. The Morgan fingerprint density at radius 1 is 0.267 bits per heavy atom. The SMILES string of the molecule is CCCCCCCCCCCCCCCCCCNC(=O)[C@@H](C)Oc1ccc(-c2c3nc(c(-c4ccc(O[C@H](C)C(=O)NCCCCCCCCCCCCCCCCCC)cc4)c4ccc([nH]4)c(-c4ccc(O[C@H](C)C(=O)NCCCCCCCCCCCCCCCCCC)cc4)c4nc(c(-c5ccncc5)c5ccc2[nH]5)C=C4)C=C3)cc1. The van der Waals surface area contributed by atoms with Gasteiger partial charge in [-0.3, -0.25) is 19.4 Å². The number of benzene rings is 3. The summed E-state index contributed by atoms with van der Waals surface area (Å²) in [6.07, 6.45) is 72.6. The summed E-state index contributed by atoms with van der Waals surface area (Å²) in [7, 11) is 0. The van der Waals surface area contributed by atoms with Gasteiger partial charge in [-0.05, 0) is 159 Å². The summed E-state index contributed by atoms with van der Waals surface area (Å²) in [4.78, 5) is 63.8. The van der Waals surface area contributed by atoms with Crippen LogP contribution in [0, 0.1) is 0 Å². The number of carbonyl (C=O) groups is 3. The highest BCUT2D eigenvalue weighted by Gasteiger charge is 2.23. The molecule has 14 nitrogen and oxygen atoms in total. The monoisotopic (exact) mass is 1630 g/mol. The van der Waals surface area contributed by atoms with E-state index < -0.39 is 18.3 Å². The van der Waals surface area contributed by atoms with Gasteiger partial charge in [0.05, 0.1) is 22.8 Å². The quantitative estimate of drug-likeness (QED) is 0.0231. The molecule has 0 saturated heterocycles. The summed E-state index contributed by atoms with van der Waals surface area (Å²) in [5, 5.41) is 9.42. The minimum absolute atomic E-state index is 0.125. The Hall–Kier alpha value is -8.78. The molecule has 652 valence electrons. The summed E-state index contributed by atoms with van der Waals surface area (Å²) in [6.45, 7) is 14.2. The molecule has 0 aliphatic carbocycles. The van der Waals surface area contributed by atoms with Crippen LogP contribution in [0.15, 0.2) is 122 Å². The lowest BCUT2D eigenvalue weighted by atomic mass is 10.0. The number of aromatic nitrogens is 5. The van der Waals surface area contributed by atoms with E-state index in [0.717, 1.165) is 128 Å². The van der Waals surface area contributed by atoms with Crippen molar-refractivity contribution in [2.24, 2.45) is 0 Å². The molecule has 120 heavy (non-hydrogen) atoms. The summed E-state index contributed by atoms with van der Waals surface area (Å²) in [5.74, 6) is 1.38. The van der Waals surface area contributed by atoms with Crippen LogP contribution in [0.2, 0.25) is 0 Å². The van der Waals surface area contributed by atoms with E-state index in [9.17, 15) is 14.4 Å². The zero-order valence-electron chi connectivity index (χ0n) is 74.9. The highest BCUT2D eigenvalue weighted by molar-refractivity contribution is 6.00. The third-order valence-corrected chi connectivity index (χ3v) is 24.2. The maximum Gasteiger partial charge on any atom is 0.260 e. The van der Waals surface area contributed by atoms with E-state index in [2.05, 4.69) is 100 Å². The summed E-state index contributed by atoms with van der Waals surface area (Å²) in [5.41, 5.74) is 13.4. The second-order valence-corrected chi connectivity index (χ2v) is 34.4. The molecule has 4 aromatic heterocycles. The molecule has 0 unspecified atom stereocenters. The van der Waals surface area contributed by atoms with E-state index in [1.165, 1.54) is 270 Å². The van der Waals surface area contributed by atoms with Crippen LogP contribution < -0.4 is 30.2 Å². The normalized spacial score (nSPS) is 12.6. The predicted octanol–water partition coefficient (Wildman–Crippen LogP) is 29.2. The molecule has 0 spiro atoms. The molecular formula is C106H152N8O6. The first kappa shape index (κ1) is 95.1. The van der Waals surface area contributed by atoms with E-state index in [1.807, 2.05) is 118 Å². The number of aromatic amines is 2. The van der Waals surface area contributed by atoms with Crippen molar-refractivity contribution in [3.8, 4) is 61.8 Å². The fraction of sp³-hybridized carbons (Fsp3) is 0.566. The van der Waals surface area contributed by atoms with Crippen LogP contribution in [0.1, 0.15) is 373 Å². The Morgan fingerprint density at radius 3 is 0.667 bits per heavy atom. The Balaban J connectivity index is 0.901. The summed E-state index contributed by atoms with van der Waals surface area (Å²) >= 11 is 0. The molecule has 3 aromatic carbocycles. The van der Waals surface area contributed by atoms with Crippen molar-refractivity contribution in [3.05, 3.63) is 144 Å². The highest BCUT2D eigenvalue weighted by atomic mass is 16.5. The minimum Gasteiger partial charge on any atom is -0.481 e. The molecule has 3 atom stereocenters. The minimum atomic E-state index is -0.698. The van der Waals surface area contributed by atoms with Crippen LogP contribution in [0.5, 0.6) is 17.2 Å². The van der Waals surface area contributed by atoms with Crippen LogP contribution in [0.3, 0.4) is 0 Å². The van der Waals surface area contributed by atoms with Gasteiger partial charge < -0.3 is 40.1 Å². The molecule has 9 rings (SSSR count). The smallest absolute Gasteiger partial charge is 0.260 e. The fourth-order valence-electron chi connectivity index (χ4n) is 16.9. The Morgan fingerprint density at radius 2 is 0.458 bits per heavy atom. The standard InChI is InChI=1S/C106H152N8O6/c1-7-10-13-16-19-22-25-28-31-34-37-40-43-46-49-52-77-108-104(115)82(4)118-89-61-55-85(56-62-89)100-92-67-69-94(111-92)101(86-57-63-90(64-58-86)119-83(5)105(116)109-78-53-50-47-44-41-38-35-32-29-26-23-20-17-14-11-8-2)96-71-73-98(113-96)103(88-75-80-107-81-76-88)99-74-72-97(114-99)102(95-70-68-93(100)112-95)87-59-65-91(66-60-87)120-84(6)106(117)110-79-54-51-48-45-42-39-36-33-30-27-24-21-18-15-12-9-3/h55-76,80-84,111,114H,7-54,77-79H2,1-6H3,(H,108,115)(H,109,116)(H,110,117)/t82-,83-,84-/m1/s1. The molecule has 8 bridgehead atoms. The molecule has 2 aliphatic rings. The van der Waals surface area contributed by atoms with Gasteiger partial charge in [-0.2, -0.15) is 0 Å². The number of rotatable bonds is 64. The van der Waals surface area contributed by atoms with Crippen molar-refractivity contribution in [1.29, 1.82) is 0 Å². The molecule has 5 N–H and O–H groups in total. The van der Waals surface area contributed by atoms with Crippen molar-refractivity contribution < 1.29 is 28.6 Å². The number of H-pyrrole nitrogens is 2. The molecule has 0 saturated carbocycles. The van der Waals surface area contributed by atoms with Gasteiger partial charge in [0.25, 0.3) is 17.7 Å². The highest BCUT2D eigenvalue weighted by Crippen LogP contribution is 2.40. The molecule has 0 radical (unpaired) electrons. The first-order valence-corrected chi connectivity index (χ1v) is 48.2.